The molecule has 0 fully saturated rings. The maximum Gasteiger partial charge on any atom is 0.192 e. The summed E-state index contributed by atoms with van der Waals surface area (Å²) < 4.78 is 0. The minimum atomic E-state index is -0.811. The molecule has 2 aromatic carbocycles. The van der Waals surface area contributed by atoms with Gasteiger partial charge in [0.2, 0.25) is 0 Å². The molecule has 1 atom stereocenters. The molecule has 0 heterocycles. The molecule has 1 N–H and O–H groups in total. The van der Waals surface area contributed by atoms with E-state index in [1.54, 1.807) is 18.2 Å². The van der Waals surface area contributed by atoms with Crippen molar-refractivity contribution in [3.8, 4) is 0 Å². The number of carbonyl (C=O) groups is 1. The first-order valence-electron chi connectivity index (χ1n) is 5.86. The molecule has 18 heavy (non-hydrogen) atoms. The predicted octanol–water partition coefficient (Wildman–Crippen LogP) is 3.00. The van der Waals surface area contributed by atoms with Crippen LogP contribution in [0.15, 0.2) is 60.2 Å². The van der Waals surface area contributed by atoms with Gasteiger partial charge in [-0.3, -0.25) is 4.79 Å². The lowest BCUT2D eigenvalue weighted by Gasteiger charge is -2.04. The van der Waals surface area contributed by atoms with Gasteiger partial charge in [0, 0.05) is 11.1 Å². The first-order valence-corrected chi connectivity index (χ1v) is 5.86. The Morgan fingerprint density at radius 2 is 1.61 bits per heavy atom. The standard InChI is InChI=1S/C16H12O2/c17-15-12-8-4-5-9-13(12)16(18)14(15)10-11-6-2-1-3-7-11/h1-10,15,17H/b14-10+/t15-/m1/s1. The zero-order chi connectivity index (χ0) is 12.5. The van der Waals surface area contributed by atoms with Crippen LogP contribution in [-0.4, -0.2) is 10.9 Å². The second-order valence-electron chi connectivity index (χ2n) is 4.33. The number of hydrogen-bond donors (Lipinski definition) is 1. The number of hydrogen-bond acceptors (Lipinski definition) is 2. The van der Waals surface area contributed by atoms with Crippen LogP contribution in [0.3, 0.4) is 0 Å². The van der Waals surface area contributed by atoms with Crippen molar-refractivity contribution in [3.63, 3.8) is 0 Å². The van der Waals surface area contributed by atoms with E-state index in [0.29, 0.717) is 16.7 Å². The highest BCUT2D eigenvalue weighted by Crippen LogP contribution is 2.36. The Hall–Kier alpha value is -2.19. The Balaban J connectivity index is 2.07. The van der Waals surface area contributed by atoms with E-state index in [1.165, 1.54) is 0 Å². The minimum absolute atomic E-state index is 0.0815. The third-order valence-corrected chi connectivity index (χ3v) is 3.18. The van der Waals surface area contributed by atoms with E-state index in [9.17, 15) is 9.90 Å². The summed E-state index contributed by atoms with van der Waals surface area (Å²) in [6, 6.07) is 16.8. The lowest BCUT2D eigenvalue weighted by Crippen LogP contribution is -1.99. The third-order valence-electron chi connectivity index (χ3n) is 3.18. The average molecular weight is 236 g/mol. The lowest BCUT2D eigenvalue weighted by atomic mass is 10.1. The van der Waals surface area contributed by atoms with Crippen LogP contribution in [0.4, 0.5) is 0 Å². The van der Waals surface area contributed by atoms with Crippen LogP contribution < -0.4 is 0 Å². The van der Waals surface area contributed by atoms with Gasteiger partial charge in [-0.25, -0.2) is 0 Å². The summed E-state index contributed by atoms with van der Waals surface area (Å²) in [4.78, 5) is 12.2. The number of ketones is 1. The molecule has 2 aromatic rings. The molecular weight excluding hydrogens is 224 g/mol. The van der Waals surface area contributed by atoms with Crippen LogP contribution in [0.25, 0.3) is 6.08 Å². The molecular formula is C16H12O2. The van der Waals surface area contributed by atoms with Crippen LogP contribution in [0.2, 0.25) is 0 Å². The molecule has 2 nitrogen and oxygen atoms in total. The van der Waals surface area contributed by atoms with Crippen molar-refractivity contribution in [2.75, 3.05) is 0 Å². The van der Waals surface area contributed by atoms with Crippen molar-refractivity contribution in [1.29, 1.82) is 0 Å². The third kappa shape index (κ3) is 1.67. The second-order valence-corrected chi connectivity index (χ2v) is 4.33. The number of fused-ring (bicyclic) bond motifs is 1. The molecule has 0 aliphatic heterocycles. The molecule has 0 unspecified atom stereocenters. The molecule has 1 aliphatic rings. The molecule has 0 saturated heterocycles. The monoisotopic (exact) mass is 236 g/mol. The molecule has 0 saturated carbocycles. The van der Waals surface area contributed by atoms with Crippen LogP contribution in [0.1, 0.15) is 27.6 Å². The van der Waals surface area contributed by atoms with E-state index >= 15 is 0 Å². The summed E-state index contributed by atoms with van der Waals surface area (Å²) in [5.41, 5.74) is 2.67. The Bertz CT molecular complexity index is 627. The van der Waals surface area contributed by atoms with Gasteiger partial charge in [-0.2, -0.15) is 0 Å². The van der Waals surface area contributed by atoms with E-state index in [-0.39, 0.29) is 5.78 Å². The first kappa shape index (κ1) is 10.9. The molecule has 2 heteroatoms. The number of Topliss-reactive ketones (excluding diaryl/α,β-unsaturated/α-hetero) is 1. The van der Waals surface area contributed by atoms with Crippen LogP contribution in [-0.2, 0) is 0 Å². The molecule has 1 aliphatic carbocycles. The molecule has 0 spiro atoms. The van der Waals surface area contributed by atoms with Gasteiger partial charge in [-0.05, 0) is 17.2 Å². The number of aliphatic hydroxyl groups excluding tert-OH is 1. The van der Waals surface area contributed by atoms with E-state index < -0.39 is 6.10 Å². The van der Waals surface area contributed by atoms with Crippen molar-refractivity contribution in [1.82, 2.24) is 0 Å². The number of rotatable bonds is 1. The fraction of sp³-hybridized carbons (Fsp3) is 0.0625. The highest BCUT2D eigenvalue weighted by Gasteiger charge is 2.32. The van der Waals surface area contributed by atoms with Gasteiger partial charge < -0.3 is 5.11 Å². The predicted molar refractivity (Wildman–Crippen MR) is 70.2 cm³/mol. The smallest absolute Gasteiger partial charge is 0.192 e. The largest absolute Gasteiger partial charge is 0.383 e. The summed E-state index contributed by atoms with van der Waals surface area (Å²) in [5, 5.41) is 10.2. The Labute approximate surface area is 105 Å². The summed E-state index contributed by atoms with van der Waals surface area (Å²) in [6.07, 6.45) is 0.946. The second kappa shape index (κ2) is 4.24. The topological polar surface area (TPSA) is 37.3 Å². The van der Waals surface area contributed by atoms with Crippen molar-refractivity contribution in [2.24, 2.45) is 0 Å². The van der Waals surface area contributed by atoms with Crippen LogP contribution >= 0.6 is 0 Å². The summed E-state index contributed by atoms with van der Waals surface area (Å²) in [6.45, 7) is 0. The summed E-state index contributed by atoms with van der Waals surface area (Å²) in [5.74, 6) is -0.0815. The van der Waals surface area contributed by atoms with Crippen molar-refractivity contribution < 1.29 is 9.90 Å². The van der Waals surface area contributed by atoms with Crippen LogP contribution in [0.5, 0.6) is 0 Å². The van der Waals surface area contributed by atoms with Crippen molar-refractivity contribution >= 4 is 11.9 Å². The number of aliphatic hydroxyl groups is 1. The lowest BCUT2D eigenvalue weighted by molar-refractivity contribution is 0.102. The fourth-order valence-corrected chi connectivity index (χ4v) is 2.26. The molecule has 0 radical (unpaired) electrons. The van der Waals surface area contributed by atoms with Crippen molar-refractivity contribution in [3.05, 3.63) is 76.9 Å². The van der Waals surface area contributed by atoms with E-state index in [1.807, 2.05) is 42.5 Å². The Morgan fingerprint density at radius 1 is 0.944 bits per heavy atom. The van der Waals surface area contributed by atoms with E-state index in [4.69, 9.17) is 0 Å². The fourth-order valence-electron chi connectivity index (χ4n) is 2.26. The minimum Gasteiger partial charge on any atom is -0.383 e. The highest BCUT2D eigenvalue weighted by molar-refractivity contribution is 6.16. The summed E-state index contributed by atoms with van der Waals surface area (Å²) in [7, 11) is 0. The van der Waals surface area contributed by atoms with Crippen LogP contribution in [0, 0.1) is 0 Å². The van der Waals surface area contributed by atoms with Gasteiger partial charge in [-0.15, -0.1) is 0 Å². The molecule has 0 amide bonds. The Kier molecular flexibility index (Phi) is 2.58. The van der Waals surface area contributed by atoms with Gasteiger partial charge in [0.25, 0.3) is 0 Å². The SMILES string of the molecule is O=C1/C(=C/c2ccccc2)[C@H](O)c2ccccc21. The maximum absolute atomic E-state index is 12.2. The maximum atomic E-state index is 12.2. The average Bonchev–Trinajstić information content (AvgIpc) is 2.66. The summed E-state index contributed by atoms with van der Waals surface area (Å²) >= 11 is 0. The van der Waals surface area contributed by atoms with Gasteiger partial charge in [0.1, 0.15) is 6.10 Å². The van der Waals surface area contributed by atoms with Gasteiger partial charge >= 0.3 is 0 Å². The highest BCUT2D eigenvalue weighted by atomic mass is 16.3. The molecule has 88 valence electrons. The van der Waals surface area contributed by atoms with Gasteiger partial charge in [0.15, 0.2) is 5.78 Å². The first-order chi connectivity index (χ1) is 8.77. The van der Waals surface area contributed by atoms with E-state index in [2.05, 4.69) is 0 Å². The number of benzene rings is 2. The normalized spacial score (nSPS) is 20.2. The number of carbonyl (C=O) groups excluding carboxylic acids is 1. The van der Waals surface area contributed by atoms with E-state index in [0.717, 1.165) is 5.56 Å². The van der Waals surface area contributed by atoms with Crippen molar-refractivity contribution in [2.45, 2.75) is 6.10 Å². The van der Waals surface area contributed by atoms with Gasteiger partial charge in [-0.1, -0.05) is 54.6 Å². The Morgan fingerprint density at radius 3 is 2.33 bits per heavy atom. The zero-order valence-electron chi connectivity index (χ0n) is 9.71. The quantitative estimate of drug-likeness (QED) is 0.773. The molecule has 0 aromatic heterocycles. The zero-order valence-corrected chi connectivity index (χ0v) is 9.71. The van der Waals surface area contributed by atoms with Gasteiger partial charge in [0.05, 0.1) is 0 Å². The molecule has 3 rings (SSSR count). The molecule has 0 bridgehead atoms.